The highest BCUT2D eigenvalue weighted by Gasteiger charge is 2.38. The van der Waals surface area contributed by atoms with E-state index < -0.39 is 0 Å². The second-order valence-corrected chi connectivity index (χ2v) is 6.16. The monoisotopic (exact) mass is 212 g/mol. The standard InChI is InChI=1S/C11H20N2S/c1-4-13-11(8-12)6-5-10(7-11)14-9(2)3/h9-10,13H,4-7H2,1-3H3. The molecule has 3 heteroatoms. The van der Waals surface area contributed by atoms with E-state index in [-0.39, 0.29) is 5.54 Å². The van der Waals surface area contributed by atoms with Gasteiger partial charge >= 0.3 is 0 Å². The van der Waals surface area contributed by atoms with Crippen LogP contribution in [-0.2, 0) is 0 Å². The summed E-state index contributed by atoms with van der Waals surface area (Å²) in [6.07, 6.45) is 3.21. The van der Waals surface area contributed by atoms with Crippen molar-refractivity contribution in [2.45, 2.75) is 56.1 Å². The third-order valence-electron chi connectivity index (χ3n) is 2.66. The predicted octanol–water partition coefficient (Wildman–Crippen LogP) is 2.55. The van der Waals surface area contributed by atoms with Gasteiger partial charge in [0.1, 0.15) is 5.54 Å². The Kier molecular flexibility index (Phi) is 4.28. The number of rotatable bonds is 4. The summed E-state index contributed by atoms with van der Waals surface area (Å²) in [5, 5.41) is 13.9. The summed E-state index contributed by atoms with van der Waals surface area (Å²) in [6, 6.07) is 2.46. The van der Waals surface area contributed by atoms with Gasteiger partial charge in [0, 0.05) is 5.25 Å². The highest BCUT2D eigenvalue weighted by atomic mass is 32.2. The second kappa shape index (κ2) is 5.04. The summed E-state index contributed by atoms with van der Waals surface area (Å²) in [6.45, 7) is 7.42. The van der Waals surface area contributed by atoms with Gasteiger partial charge in [-0.15, -0.1) is 0 Å². The molecule has 0 heterocycles. The first-order chi connectivity index (χ1) is 6.62. The zero-order valence-corrected chi connectivity index (χ0v) is 10.2. The van der Waals surface area contributed by atoms with Crippen LogP contribution in [0.3, 0.4) is 0 Å². The summed E-state index contributed by atoms with van der Waals surface area (Å²) in [7, 11) is 0. The first kappa shape index (κ1) is 11.9. The number of thioether (sulfide) groups is 1. The highest BCUT2D eigenvalue weighted by molar-refractivity contribution is 8.00. The first-order valence-electron chi connectivity index (χ1n) is 5.43. The molecule has 14 heavy (non-hydrogen) atoms. The fraction of sp³-hybridized carbons (Fsp3) is 0.909. The fourth-order valence-corrected chi connectivity index (χ4v) is 3.55. The van der Waals surface area contributed by atoms with E-state index in [0.29, 0.717) is 10.5 Å². The fourth-order valence-electron chi connectivity index (χ4n) is 2.14. The van der Waals surface area contributed by atoms with Crippen molar-refractivity contribution >= 4 is 11.8 Å². The molecule has 1 fully saturated rings. The van der Waals surface area contributed by atoms with E-state index in [2.05, 4.69) is 32.2 Å². The number of hydrogen-bond donors (Lipinski definition) is 1. The largest absolute Gasteiger partial charge is 0.300 e. The van der Waals surface area contributed by atoms with E-state index in [9.17, 15) is 5.26 Å². The van der Waals surface area contributed by atoms with Gasteiger partial charge in [0.2, 0.25) is 0 Å². The molecule has 2 unspecified atom stereocenters. The minimum Gasteiger partial charge on any atom is -0.300 e. The lowest BCUT2D eigenvalue weighted by atomic mass is 10.0. The predicted molar refractivity (Wildman–Crippen MR) is 62.4 cm³/mol. The maximum Gasteiger partial charge on any atom is 0.107 e. The summed E-state index contributed by atoms with van der Waals surface area (Å²) < 4.78 is 0. The van der Waals surface area contributed by atoms with Crippen LogP contribution < -0.4 is 5.32 Å². The molecule has 0 amide bonds. The Morgan fingerprint density at radius 3 is 2.86 bits per heavy atom. The van der Waals surface area contributed by atoms with Crippen molar-refractivity contribution in [1.29, 1.82) is 5.26 Å². The molecule has 1 aliphatic rings. The van der Waals surface area contributed by atoms with Gasteiger partial charge in [-0.2, -0.15) is 17.0 Å². The topological polar surface area (TPSA) is 35.8 Å². The van der Waals surface area contributed by atoms with Crippen LogP contribution in [-0.4, -0.2) is 22.6 Å². The van der Waals surface area contributed by atoms with Crippen molar-refractivity contribution in [1.82, 2.24) is 5.32 Å². The van der Waals surface area contributed by atoms with Crippen molar-refractivity contribution in [3.05, 3.63) is 0 Å². The van der Waals surface area contributed by atoms with Crippen molar-refractivity contribution in [2.75, 3.05) is 6.54 Å². The van der Waals surface area contributed by atoms with Gasteiger partial charge in [-0.1, -0.05) is 20.8 Å². The molecule has 0 aromatic heterocycles. The maximum atomic E-state index is 9.18. The minimum absolute atomic E-state index is 0.221. The minimum atomic E-state index is -0.221. The van der Waals surface area contributed by atoms with Crippen LogP contribution in [0, 0.1) is 11.3 Å². The molecule has 80 valence electrons. The number of hydrogen-bond acceptors (Lipinski definition) is 3. The lowest BCUT2D eigenvalue weighted by molar-refractivity contribution is 0.436. The maximum absolute atomic E-state index is 9.18. The molecule has 0 aromatic carbocycles. The molecular formula is C11H20N2S. The molecule has 2 atom stereocenters. The van der Waals surface area contributed by atoms with E-state index in [0.717, 1.165) is 19.4 Å². The SMILES string of the molecule is CCNC1(C#N)CCC(SC(C)C)C1. The number of nitrogens with one attached hydrogen (secondary N) is 1. The van der Waals surface area contributed by atoms with E-state index in [1.54, 1.807) is 0 Å². The molecule has 1 N–H and O–H groups in total. The van der Waals surface area contributed by atoms with Crippen molar-refractivity contribution < 1.29 is 0 Å². The number of nitriles is 1. The molecular weight excluding hydrogens is 192 g/mol. The molecule has 2 nitrogen and oxygen atoms in total. The van der Waals surface area contributed by atoms with Crippen LogP contribution in [0.25, 0.3) is 0 Å². The third kappa shape index (κ3) is 2.90. The van der Waals surface area contributed by atoms with Gasteiger partial charge in [0.25, 0.3) is 0 Å². The second-order valence-electron chi connectivity index (χ2n) is 4.27. The zero-order valence-electron chi connectivity index (χ0n) is 9.34. The Morgan fingerprint density at radius 2 is 2.36 bits per heavy atom. The Hall–Kier alpha value is -0.200. The van der Waals surface area contributed by atoms with Crippen molar-refractivity contribution in [3.8, 4) is 6.07 Å². The highest BCUT2D eigenvalue weighted by Crippen LogP contribution is 2.38. The van der Waals surface area contributed by atoms with Crippen LogP contribution in [0.1, 0.15) is 40.0 Å². The molecule has 1 aliphatic carbocycles. The van der Waals surface area contributed by atoms with Crippen LogP contribution >= 0.6 is 11.8 Å². The van der Waals surface area contributed by atoms with Crippen molar-refractivity contribution in [2.24, 2.45) is 0 Å². The van der Waals surface area contributed by atoms with Gasteiger partial charge < -0.3 is 0 Å². The van der Waals surface area contributed by atoms with Crippen LogP contribution in [0.2, 0.25) is 0 Å². The van der Waals surface area contributed by atoms with Crippen LogP contribution in [0.4, 0.5) is 0 Å². The average Bonchev–Trinajstić information content (AvgIpc) is 2.49. The smallest absolute Gasteiger partial charge is 0.107 e. The Labute approximate surface area is 91.4 Å². The molecule has 0 aliphatic heterocycles. The molecule has 0 spiro atoms. The van der Waals surface area contributed by atoms with Gasteiger partial charge in [0.05, 0.1) is 6.07 Å². The summed E-state index contributed by atoms with van der Waals surface area (Å²) in [5.41, 5.74) is -0.221. The average molecular weight is 212 g/mol. The van der Waals surface area contributed by atoms with Crippen LogP contribution in [0.5, 0.6) is 0 Å². The third-order valence-corrected chi connectivity index (χ3v) is 3.99. The first-order valence-corrected chi connectivity index (χ1v) is 6.38. The zero-order chi connectivity index (χ0) is 10.6. The lowest BCUT2D eigenvalue weighted by Crippen LogP contribution is -2.41. The lowest BCUT2D eigenvalue weighted by Gasteiger charge is -2.22. The van der Waals surface area contributed by atoms with E-state index in [1.807, 2.05) is 11.8 Å². The van der Waals surface area contributed by atoms with Gasteiger partial charge in [-0.3, -0.25) is 5.32 Å². The van der Waals surface area contributed by atoms with E-state index >= 15 is 0 Å². The molecule has 1 saturated carbocycles. The summed E-state index contributed by atoms with van der Waals surface area (Å²) in [4.78, 5) is 0. The van der Waals surface area contributed by atoms with E-state index in [1.165, 1.54) is 6.42 Å². The summed E-state index contributed by atoms with van der Waals surface area (Å²) in [5.74, 6) is 0. The molecule has 1 rings (SSSR count). The van der Waals surface area contributed by atoms with Gasteiger partial charge in [0.15, 0.2) is 0 Å². The number of nitrogens with zero attached hydrogens (tertiary/aromatic N) is 1. The quantitative estimate of drug-likeness (QED) is 0.778. The molecule has 0 radical (unpaired) electrons. The Balaban J connectivity index is 2.49. The summed E-state index contributed by atoms with van der Waals surface area (Å²) >= 11 is 2.01. The van der Waals surface area contributed by atoms with Crippen LogP contribution in [0.15, 0.2) is 0 Å². The van der Waals surface area contributed by atoms with Gasteiger partial charge in [-0.25, -0.2) is 0 Å². The Morgan fingerprint density at radius 1 is 1.64 bits per heavy atom. The molecule has 0 bridgehead atoms. The molecule has 0 aromatic rings. The Bertz CT molecular complexity index is 222. The van der Waals surface area contributed by atoms with Gasteiger partial charge in [-0.05, 0) is 31.1 Å². The van der Waals surface area contributed by atoms with Crippen molar-refractivity contribution in [3.63, 3.8) is 0 Å². The normalized spacial score (nSPS) is 32.1. The molecule has 0 saturated heterocycles. The van der Waals surface area contributed by atoms with E-state index in [4.69, 9.17) is 0 Å².